The van der Waals surface area contributed by atoms with Gasteiger partial charge in [-0.15, -0.1) is 0 Å². The lowest BCUT2D eigenvalue weighted by Crippen LogP contribution is -2.53. The largest absolute Gasteiger partial charge is 0.353 e. The van der Waals surface area contributed by atoms with Crippen LogP contribution in [0.15, 0.2) is 24.3 Å². The van der Waals surface area contributed by atoms with Crippen LogP contribution in [0.1, 0.15) is 49.7 Å². The summed E-state index contributed by atoms with van der Waals surface area (Å²) in [7, 11) is 0. The van der Waals surface area contributed by atoms with E-state index in [0.29, 0.717) is 24.0 Å². The second-order valence-corrected chi connectivity index (χ2v) is 9.96. The summed E-state index contributed by atoms with van der Waals surface area (Å²) in [6.07, 6.45) is 9.35. The summed E-state index contributed by atoms with van der Waals surface area (Å²) in [6, 6.07) is 10.7. The molecule has 2 N–H and O–H groups in total. The highest BCUT2D eigenvalue weighted by atomic mass is 16.2. The Morgan fingerprint density at radius 2 is 1.57 bits per heavy atom. The van der Waals surface area contributed by atoms with E-state index < -0.39 is 0 Å². The Labute approximate surface area is 181 Å². The zero-order chi connectivity index (χ0) is 20.3. The third kappa shape index (κ3) is 4.58. The molecule has 0 radical (unpaired) electrons. The monoisotopic (exact) mass is 410 g/mol. The first-order valence-corrected chi connectivity index (χ1v) is 12.3. The van der Waals surface area contributed by atoms with Crippen LogP contribution in [0.25, 0.3) is 0 Å². The maximum absolute atomic E-state index is 12.9. The van der Waals surface area contributed by atoms with Gasteiger partial charge in [0.05, 0.1) is 5.92 Å². The molecule has 30 heavy (non-hydrogen) atoms. The molecule has 5 heteroatoms. The van der Waals surface area contributed by atoms with Crippen LogP contribution in [-0.2, 0) is 17.6 Å². The molecule has 3 heterocycles. The number of carbonyl (C=O) groups excluding carboxylic acids is 1. The molecule has 3 aliphatic heterocycles. The van der Waals surface area contributed by atoms with E-state index in [-0.39, 0.29) is 5.92 Å². The average molecular weight is 411 g/mol. The molecule has 0 aromatic heterocycles. The van der Waals surface area contributed by atoms with Crippen molar-refractivity contribution >= 4 is 5.91 Å². The highest BCUT2D eigenvalue weighted by Gasteiger charge is 2.34. The van der Waals surface area contributed by atoms with Gasteiger partial charge < -0.3 is 10.6 Å². The first-order chi connectivity index (χ1) is 14.8. The fourth-order valence-electron chi connectivity index (χ4n) is 6.25. The van der Waals surface area contributed by atoms with Crippen molar-refractivity contribution < 1.29 is 4.79 Å². The van der Waals surface area contributed by atoms with Gasteiger partial charge in [0.1, 0.15) is 0 Å². The van der Waals surface area contributed by atoms with E-state index in [1.165, 1.54) is 51.7 Å². The first kappa shape index (κ1) is 20.5. The van der Waals surface area contributed by atoms with Gasteiger partial charge in [0.15, 0.2) is 0 Å². The Morgan fingerprint density at radius 3 is 2.27 bits per heavy atom. The van der Waals surface area contributed by atoms with Gasteiger partial charge in [-0.3, -0.25) is 14.6 Å². The van der Waals surface area contributed by atoms with Gasteiger partial charge in [-0.05, 0) is 95.2 Å². The van der Waals surface area contributed by atoms with E-state index in [9.17, 15) is 4.79 Å². The van der Waals surface area contributed by atoms with E-state index in [4.69, 9.17) is 0 Å². The molecule has 1 aromatic rings. The van der Waals surface area contributed by atoms with Crippen molar-refractivity contribution in [3.63, 3.8) is 0 Å². The summed E-state index contributed by atoms with van der Waals surface area (Å²) in [5.74, 6) is 0.503. The molecule has 0 unspecified atom stereocenters. The summed E-state index contributed by atoms with van der Waals surface area (Å²) in [4.78, 5) is 18.2. The van der Waals surface area contributed by atoms with Crippen molar-refractivity contribution in [1.29, 1.82) is 0 Å². The number of piperidine rings is 3. The van der Waals surface area contributed by atoms with Crippen LogP contribution in [-0.4, -0.2) is 73.1 Å². The van der Waals surface area contributed by atoms with Crippen LogP contribution in [0, 0.1) is 5.92 Å². The van der Waals surface area contributed by atoms with Crippen molar-refractivity contribution in [2.24, 2.45) is 5.92 Å². The standard InChI is InChI=1S/C25H38N4O/c30-25(27-22-7-11-26-12-8-22)21-6-3-13-29(18-21)23-9-14-28(15-10-23)24-16-19-4-1-2-5-20(19)17-24/h1-2,4-5,21-24,26H,3,6-18H2,(H,27,30)/t21-/m1/s1. The second kappa shape index (κ2) is 9.37. The van der Waals surface area contributed by atoms with Gasteiger partial charge in [-0.25, -0.2) is 0 Å². The van der Waals surface area contributed by atoms with Gasteiger partial charge in [-0.1, -0.05) is 24.3 Å². The number of likely N-dealkylation sites (tertiary alicyclic amines) is 2. The van der Waals surface area contributed by atoms with Gasteiger partial charge in [0.2, 0.25) is 5.91 Å². The first-order valence-electron chi connectivity index (χ1n) is 12.3. The number of nitrogens with one attached hydrogen (secondary N) is 2. The minimum absolute atomic E-state index is 0.191. The molecular formula is C25H38N4O. The van der Waals surface area contributed by atoms with E-state index in [0.717, 1.165) is 38.9 Å². The third-order valence-electron chi connectivity index (χ3n) is 8.07. The maximum atomic E-state index is 12.9. The summed E-state index contributed by atoms with van der Waals surface area (Å²) in [6.45, 7) is 6.64. The number of carbonyl (C=O) groups is 1. The molecule has 0 spiro atoms. The lowest BCUT2D eigenvalue weighted by atomic mass is 9.92. The molecule has 1 amide bonds. The van der Waals surface area contributed by atoms with Crippen LogP contribution in [0.3, 0.4) is 0 Å². The summed E-state index contributed by atoms with van der Waals surface area (Å²) >= 11 is 0. The van der Waals surface area contributed by atoms with Crippen molar-refractivity contribution in [1.82, 2.24) is 20.4 Å². The Kier molecular flexibility index (Phi) is 6.40. The Bertz CT molecular complexity index is 699. The third-order valence-corrected chi connectivity index (χ3v) is 8.07. The summed E-state index contributed by atoms with van der Waals surface area (Å²) in [5, 5.41) is 6.73. The topological polar surface area (TPSA) is 47.6 Å². The van der Waals surface area contributed by atoms with Gasteiger partial charge in [0, 0.05) is 24.7 Å². The smallest absolute Gasteiger partial charge is 0.224 e. The predicted octanol–water partition coefficient (Wildman–Crippen LogP) is 2.20. The van der Waals surface area contributed by atoms with Crippen LogP contribution in [0.4, 0.5) is 0 Å². The maximum Gasteiger partial charge on any atom is 0.224 e. The molecule has 3 saturated heterocycles. The minimum Gasteiger partial charge on any atom is -0.353 e. The molecule has 1 aromatic carbocycles. The molecule has 1 aliphatic carbocycles. The number of benzene rings is 1. The van der Waals surface area contributed by atoms with Gasteiger partial charge in [0.25, 0.3) is 0 Å². The molecule has 164 valence electrons. The highest BCUT2D eigenvalue weighted by molar-refractivity contribution is 5.79. The lowest BCUT2D eigenvalue weighted by molar-refractivity contribution is -0.128. The molecule has 5 rings (SSSR count). The molecule has 1 atom stereocenters. The zero-order valence-electron chi connectivity index (χ0n) is 18.3. The Morgan fingerprint density at radius 1 is 0.867 bits per heavy atom. The van der Waals surface area contributed by atoms with Crippen molar-refractivity contribution in [3.8, 4) is 0 Å². The van der Waals surface area contributed by atoms with Crippen molar-refractivity contribution in [2.75, 3.05) is 39.3 Å². The normalized spacial score (nSPS) is 27.8. The average Bonchev–Trinajstić information content (AvgIpc) is 3.24. The quantitative estimate of drug-likeness (QED) is 0.799. The summed E-state index contributed by atoms with van der Waals surface area (Å²) in [5.41, 5.74) is 3.12. The molecule has 4 aliphatic rings. The number of fused-ring (bicyclic) bond motifs is 1. The molecule has 3 fully saturated rings. The highest BCUT2D eigenvalue weighted by Crippen LogP contribution is 2.29. The van der Waals surface area contributed by atoms with Crippen LogP contribution in [0.2, 0.25) is 0 Å². The van der Waals surface area contributed by atoms with E-state index >= 15 is 0 Å². The summed E-state index contributed by atoms with van der Waals surface area (Å²) < 4.78 is 0. The van der Waals surface area contributed by atoms with Crippen LogP contribution < -0.4 is 10.6 Å². The van der Waals surface area contributed by atoms with Crippen LogP contribution in [0.5, 0.6) is 0 Å². The van der Waals surface area contributed by atoms with E-state index in [1.807, 2.05) is 0 Å². The Hall–Kier alpha value is -1.43. The molecule has 5 nitrogen and oxygen atoms in total. The molecule has 0 bridgehead atoms. The number of hydrogen-bond acceptors (Lipinski definition) is 4. The number of rotatable bonds is 4. The molecular weight excluding hydrogens is 372 g/mol. The van der Waals surface area contributed by atoms with Gasteiger partial charge >= 0.3 is 0 Å². The zero-order valence-corrected chi connectivity index (χ0v) is 18.3. The number of amides is 1. The fourth-order valence-corrected chi connectivity index (χ4v) is 6.25. The minimum atomic E-state index is 0.191. The SMILES string of the molecule is O=C(NC1CCNCC1)[C@@H]1CCCN(C2CCN(C3Cc4ccccc4C3)CC2)C1. The number of nitrogens with zero attached hydrogens (tertiary/aromatic N) is 2. The fraction of sp³-hybridized carbons (Fsp3) is 0.720. The predicted molar refractivity (Wildman–Crippen MR) is 121 cm³/mol. The Balaban J connectivity index is 1.10. The van der Waals surface area contributed by atoms with E-state index in [2.05, 4.69) is 44.7 Å². The van der Waals surface area contributed by atoms with Crippen LogP contribution >= 0.6 is 0 Å². The van der Waals surface area contributed by atoms with E-state index in [1.54, 1.807) is 11.1 Å². The van der Waals surface area contributed by atoms with Crippen molar-refractivity contribution in [3.05, 3.63) is 35.4 Å². The van der Waals surface area contributed by atoms with Gasteiger partial charge in [-0.2, -0.15) is 0 Å². The van der Waals surface area contributed by atoms with Crippen molar-refractivity contribution in [2.45, 2.75) is 69.5 Å². The second-order valence-electron chi connectivity index (χ2n) is 9.96. The lowest BCUT2D eigenvalue weighted by Gasteiger charge is -2.43. The number of hydrogen-bond donors (Lipinski definition) is 2. The molecule has 0 saturated carbocycles.